The number of phenolic OH excluding ortho intramolecular Hbond substituents is 1. The highest BCUT2D eigenvalue weighted by Gasteiger charge is 2.00. The van der Waals surface area contributed by atoms with Crippen molar-refractivity contribution in [2.24, 2.45) is 0 Å². The maximum atomic E-state index is 11.8. The van der Waals surface area contributed by atoms with Crippen LogP contribution in [-0.4, -0.2) is 15.9 Å². The third-order valence-corrected chi connectivity index (χ3v) is 2.61. The molecule has 2 rings (SSSR count). The van der Waals surface area contributed by atoms with E-state index in [-0.39, 0.29) is 11.5 Å². The molecule has 0 spiro atoms. The maximum Gasteiger partial charge on any atom is 0.185 e. The number of rotatable bonds is 3. The Morgan fingerprint density at radius 2 is 1.94 bits per heavy atom. The molecule has 0 aliphatic heterocycles. The molecular weight excluding hydrogens is 226 g/mol. The first kappa shape index (κ1) is 12.0. The van der Waals surface area contributed by atoms with Gasteiger partial charge in [0.2, 0.25) is 0 Å². The Labute approximate surface area is 105 Å². The van der Waals surface area contributed by atoms with Crippen LogP contribution in [0.4, 0.5) is 0 Å². The molecule has 0 unspecified atom stereocenters. The van der Waals surface area contributed by atoms with E-state index in [9.17, 15) is 9.90 Å². The van der Waals surface area contributed by atoms with E-state index in [1.807, 2.05) is 13.0 Å². The highest BCUT2D eigenvalue weighted by molar-refractivity contribution is 6.06. The van der Waals surface area contributed by atoms with Gasteiger partial charge in [-0.05, 0) is 48.4 Å². The van der Waals surface area contributed by atoms with Gasteiger partial charge in [0.15, 0.2) is 5.78 Å². The van der Waals surface area contributed by atoms with Gasteiger partial charge in [-0.15, -0.1) is 0 Å². The van der Waals surface area contributed by atoms with E-state index in [4.69, 9.17) is 0 Å². The van der Waals surface area contributed by atoms with Crippen molar-refractivity contribution in [2.45, 2.75) is 6.92 Å². The molecule has 2 aromatic rings. The maximum absolute atomic E-state index is 11.8. The zero-order chi connectivity index (χ0) is 13.0. The van der Waals surface area contributed by atoms with E-state index in [1.54, 1.807) is 42.7 Å². The van der Waals surface area contributed by atoms with Crippen LogP contribution in [0.1, 0.15) is 21.5 Å². The number of hydrogen-bond donors (Lipinski definition) is 1. The molecular formula is C15H13NO2. The summed E-state index contributed by atoms with van der Waals surface area (Å²) in [6.07, 6.45) is 6.42. The number of hydrogen-bond acceptors (Lipinski definition) is 3. The van der Waals surface area contributed by atoms with Crippen LogP contribution < -0.4 is 0 Å². The summed E-state index contributed by atoms with van der Waals surface area (Å²) in [6.45, 7) is 1.82. The van der Waals surface area contributed by atoms with Gasteiger partial charge in [-0.2, -0.15) is 0 Å². The van der Waals surface area contributed by atoms with E-state index >= 15 is 0 Å². The number of carbonyl (C=O) groups is 1. The molecule has 1 heterocycles. The van der Waals surface area contributed by atoms with E-state index < -0.39 is 0 Å². The SMILES string of the molecule is Cc1cc(/C=C\C(=O)c2ccncc2)ccc1O. The Kier molecular flexibility index (Phi) is 3.53. The lowest BCUT2D eigenvalue weighted by Gasteiger charge is -1.99. The fourth-order valence-electron chi connectivity index (χ4n) is 1.57. The Hall–Kier alpha value is -2.42. The number of aromatic hydroxyl groups is 1. The molecule has 1 N–H and O–H groups in total. The number of phenols is 1. The number of allylic oxidation sites excluding steroid dienone is 1. The van der Waals surface area contributed by atoms with Crippen molar-refractivity contribution in [3.63, 3.8) is 0 Å². The fourth-order valence-corrected chi connectivity index (χ4v) is 1.57. The zero-order valence-corrected chi connectivity index (χ0v) is 10.00. The van der Waals surface area contributed by atoms with Gasteiger partial charge in [-0.25, -0.2) is 0 Å². The van der Waals surface area contributed by atoms with Crippen molar-refractivity contribution in [3.8, 4) is 5.75 Å². The molecule has 0 saturated carbocycles. The lowest BCUT2D eigenvalue weighted by molar-refractivity contribution is 0.104. The average Bonchev–Trinajstić information content (AvgIpc) is 2.41. The van der Waals surface area contributed by atoms with Gasteiger partial charge in [-0.3, -0.25) is 9.78 Å². The number of ketones is 1. The smallest absolute Gasteiger partial charge is 0.185 e. The largest absolute Gasteiger partial charge is 0.508 e. The first-order chi connectivity index (χ1) is 8.66. The molecule has 0 bridgehead atoms. The number of benzene rings is 1. The molecule has 0 radical (unpaired) electrons. The highest BCUT2D eigenvalue weighted by atomic mass is 16.3. The van der Waals surface area contributed by atoms with E-state index in [0.717, 1.165) is 11.1 Å². The first-order valence-corrected chi connectivity index (χ1v) is 5.59. The number of nitrogens with zero attached hydrogens (tertiary/aromatic N) is 1. The molecule has 18 heavy (non-hydrogen) atoms. The predicted molar refractivity (Wildman–Crippen MR) is 70.4 cm³/mol. The van der Waals surface area contributed by atoms with Crippen LogP contribution in [0.2, 0.25) is 0 Å². The summed E-state index contributed by atoms with van der Waals surface area (Å²) in [5.74, 6) is 0.190. The van der Waals surface area contributed by atoms with Crippen molar-refractivity contribution >= 4 is 11.9 Å². The van der Waals surface area contributed by atoms with E-state index in [0.29, 0.717) is 5.56 Å². The van der Waals surface area contributed by atoms with Gasteiger partial charge < -0.3 is 5.11 Å². The summed E-state index contributed by atoms with van der Waals surface area (Å²) in [7, 11) is 0. The Bertz CT molecular complexity index is 589. The Morgan fingerprint density at radius 3 is 2.61 bits per heavy atom. The lowest BCUT2D eigenvalue weighted by Crippen LogP contribution is -1.93. The topological polar surface area (TPSA) is 50.2 Å². The second-order valence-corrected chi connectivity index (χ2v) is 3.98. The molecule has 0 atom stereocenters. The number of pyridine rings is 1. The van der Waals surface area contributed by atoms with Crippen LogP contribution in [0.3, 0.4) is 0 Å². The first-order valence-electron chi connectivity index (χ1n) is 5.59. The summed E-state index contributed by atoms with van der Waals surface area (Å²) in [5.41, 5.74) is 2.28. The molecule has 1 aromatic heterocycles. The van der Waals surface area contributed by atoms with Crippen LogP contribution in [-0.2, 0) is 0 Å². The van der Waals surface area contributed by atoms with Gasteiger partial charge >= 0.3 is 0 Å². The summed E-state index contributed by atoms with van der Waals surface area (Å²) in [4.78, 5) is 15.7. The van der Waals surface area contributed by atoms with Gasteiger partial charge in [0.25, 0.3) is 0 Å². The van der Waals surface area contributed by atoms with Gasteiger partial charge in [0.1, 0.15) is 5.75 Å². The predicted octanol–water partition coefficient (Wildman–Crippen LogP) is 2.99. The van der Waals surface area contributed by atoms with Gasteiger partial charge in [0, 0.05) is 18.0 Å². The third-order valence-electron chi connectivity index (χ3n) is 2.61. The normalized spacial score (nSPS) is 10.7. The van der Waals surface area contributed by atoms with Crippen molar-refractivity contribution in [1.29, 1.82) is 0 Å². The fraction of sp³-hybridized carbons (Fsp3) is 0.0667. The second-order valence-electron chi connectivity index (χ2n) is 3.98. The monoisotopic (exact) mass is 239 g/mol. The molecule has 0 saturated heterocycles. The molecule has 3 heteroatoms. The Morgan fingerprint density at radius 1 is 1.22 bits per heavy atom. The zero-order valence-electron chi connectivity index (χ0n) is 10.00. The summed E-state index contributed by atoms with van der Waals surface area (Å²) < 4.78 is 0. The van der Waals surface area contributed by atoms with E-state index in [2.05, 4.69) is 4.98 Å². The minimum atomic E-state index is -0.0665. The lowest BCUT2D eigenvalue weighted by atomic mass is 10.1. The molecule has 0 aliphatic rings. The second kappa shape index (κ2) is 5.27. The van der Waals surface area contributed by atoms with Crippen molar-refractivity contribution in [3.05, 3.63) is 65.5 Å². The quantitative estimate of drug-likeness (QED) is 0.661. The number of aromatic nitrogens is 1. The van der Waals surface area contributed by atoms with Gasteiger partial charge in [-0.1, -0.05) is 12.1 Å². The van der Waals surface area contributed by atoms with Gasteiger partial charge in [0.05, 0.1) is 0 Å². The van der Waals surface area contributed by atoms with Crippen LogP contribution in [0.15, 0.2) is 48.8 Å². The van der Waals surface area contributed by atoms with E-state index in [1.165, 1.54) is 6.08 Å². The minimum absolute atomic E-state index is 0.0665. The molecule has 1 aromatic carbocycles. The number of aryl methyl sites for hydroxylation is 1. The molecule has 90 valence electrons. The average molecular weight is 239 g/mol. The van der Waals surface area contributed by atoms with Crippen LogP contribution in [0.5, 0.6) is 5.75 Å². The Balaban J connectivity index is 2.16. The third kappa shape index (κ3) is 2.83. The molecule has 3 nitrogen and oxygen atoms in total. The summed E-state index contributed by atoms with van der Waals surface area (Å²) >= 11 is 0. The highest BCUT2D eigenvalue weighted by Crippen LogP contribution is 2.17. The van der Waals surface area contributed by atoms with Crippen molar-refractivity contribution in [2.75, 3.05) is 0 Å². The van der Waals surface area contributed by atoms with Crippen molar-refractivity contribution in [1.82, 2.24) is 4.98 Å². The molecule has 0 fully saturated rings. The van der Waals surface area contributed by atoms with Crippen molar-refractivity contribution < 1.29 is 9.90 Å². The summed E-state index contributed by atoms with van der Waals surface area (Å²) in [6, 6.07) is 8.56. The number of carbonyl (C=O) groups excluding carboxylic acids is 1. The van der Waals surface area contributed by atoms with Crippen LogP contribution in [0, 0.1) is 6.92 Å². The minimum Gasteiger partial charge on any atom is -0.508 e. The standard InChI is InChI=1S/C15H13NO2/c1-11-10-12(2-4-14(11)17)3-5-15(18)13-6-8-16-9-7-13/h2-10,17H,1H3/b5-3-. The molecule has 0 amide bonds. The molecule has 0 aliphatic carbocycles. The summed E-state index contributed by atoms with van der Waals surface area (Å²) in [5, 5.41) is 9.40. The van der Waals surface area contributed by atoms with Crippen LogP contribution in [0.25, 0.3) is 6.08 Å². The van der Waals surface area contributed by atoms with Crippen LogP contribution >= 0.6 is 0 Å².